The van der Waals surface area contributed by atoms with Crippen LogP contribution in [0.3, 0.4) is 0 Å². The molecule has 3 nitrogen and oxygen atoms in total. The molecule has 16 heavy (non-hydrogen) atoms. The van der Waals surface area contributed by atoms with Gasteiger partial charge < -0.3 is 0 Å². The summed E-state index contributed by atoms with van der Waals surface area (Å²) < 4.78 is 2.17. The molecule has 0 unspecified atom stereocenters. The lowest BCUT2D eigenvalue weighted by molar-refractivity contribution is 0.116. The van der Waals surface area contributed by atoms with Gasteiger partial charge in [0.1, 0.15) is 0 Å². The average Bonchev–Trinajstić information content (AvgIpc) is 2.58. The van der Waals surface area contributed by atoms with Gasteiger partial charge in [0.2, 0.25) is 0 Å². The molecule has 90 valence electrons. The maximum atomic E-state index is 4.50. The van der Waals surface area contributed by atoms with E-state index in [1.54, 1.807) is 0 Å². The van der Waals surface area contributed by atoms with E-state index in [2.05, 4.69) is 55.5 Å². The molecule has 1 aliphatic rings. The monoisotopic (exact) mass is 221 g/mol. The fraction of sp³-hybridized carbons (Fsp3) is 0.769. The van der Waals surface area contributed by atoms with Crippen LogP contribution < -0.4 is 0 Å². The summed E-state index contributed by atoms with van der Waals surface area (Å²) >= 11 is 0. The second-order valence-electron chi connectivity index (χ2n) is 6.00. The van der Waals surface area contributed by atoms with Crippen LogP contribution in [-0.2, 0) is 13.0 Å². The molecule has 0 atom stereocenters. The van der Waals surface area contributed by atoms with E-state index in [0.29, 0.717) is 6.04 Å². The first-order chi connectivity index (χ1) is 7.39. The Hall–Kier alpha value is -0.830. The van der Waals surface area contributed by atoms with Crippen LogP contribution in [0.2, 0.25) is 0 Å². The highest BCUT2D eigenvalue weighted by Crippen LogP contribution is 2.26. The van der Waals surface area contributed by atoms with Gasteiger partial charge in [-0.1, -0.05) is 0 Å². The van der Waals surface area contributed by atoms with E-state index in [1.165, 1.54) is 11.3 Å². The Bertz CT molecular complexity index is 371. The normalized spacial score (nSPS) is 17.9. The summed E-state index contributed by atoms with van der Waals surface area (Å²) in [4.78, 5) is 2.54. The van der Waals surface area contributed by atoms with Gasteiger partial charge in [-0.15, -0.1) is 0 Å². The summed E-state index contributed by atoms with van der Waals surface area (Å²) in [6.07, 6.45) is 3.19. The summed E-state index contributed by atoms with van der Waals surface area (Å²) in [5, 5.41) is 4.50. The Morgan fingerprint density at radius 3 is 2.56 bits per heavy atom. The summed E-state index contributed by atoms with van der Waals surface area (Å²) in [6, 6.07) is 0.462. The van der Waals surface area contributed by atoms with E-state index in [-0.39, 0.29) is 5.54 Å². The van der Waals surface area contributed by atoms with Crippen molar-refractivity contribution in [3.63, 3.8) is 0 Å². The molecule has 1 aromatic rings. The van der Waals surface area contributed by atoms with E-state index in [1.807, 2.05) is 0 Å². The van der Waals surface area contributed by atoms with Gasteiger partial charge in [0.15, 0.2) is 0 Å². The Labute approximate surface area is 98.4 Å². The van der Waals surface area contributed by atoms with Crippen molar-refractivity contribution >= 4 is 0 Å². The van der Waals surface area contributed by atoms with Crippen LogP contribution in [-0.4, -0.2) is 26.8 Å². The van der Waals surface area contributed by atoms with Crippen molar-refractivity contribution in [2.24, 2.45) is 0 Å². The van der Waals surface area contributed by atoms with Gasteiger partial charge in [-0.2, -0.15) is 5.10 Å². The molecule has 2 rings (SSSR count). The minimum Gasteiger partial charge on any atom is -0.292 e. The third-order valence-corrected chi connectivity index (χ3v) is 3.41. The van der Waals surface area contributed by atoms with Gasteiger partial charge in [-0.05, 0) is 46.6 Å². The standard InChI is InChI=1S/C13H23N3/c1-10(2)16-12-9-15(13(3,4)5)7-6-11(12)8-14-16/h8,10H,6-7,9H2,1-5H3. The summed E-state index contributed by atoms with van der Waals surface area (Å²) in [6.45, 7) is 13.4. The lowest BCUT2D eigenvalue weighted by Gasteiger charge is -2.38. The van der Waals surface area contributed by atoms with E-state index in [4.69, 9.17) is 0 Å². The average molecular weight is 221 g/mol. The molecular formula is C13H23N3. The maximum Gasteiger partial charge on any atom is 0.0560 e. The molecule has 0 N–H and O–H groups in total. The van der Waals surface area contributed by atoms with Crippen molar-refractivity contribution < 1.29 is 0 Å². The van der Waals surface area contributed by atoms with Crippen LogP contribution in [0.25, 0.3) is 0 Å². The zero-order valence-corrected chi connectivity index (χ0v) is 11.1. The first-order valence-electron chi connectivity index (χ1n) is 6.20. The molecule has 3 heteroatoms. The highest BCUT2D eigenvalue weighted by atomic mass is 15.3. The maximum absolute atomic E-state index is 4.50. The topological polar surface area (TPSA) is 21.1 Å². The van der Waals surface area contributed by atoms with Crippen LogP contribution in [0.4, 0.5) is 0 Å². The molecule has 0 amide bonds. The number of aromatic nitrogens is 2. The van der Waals surface area contributed by atoms with Crippen molar-refractivity contribution in [1.82, 2.24) is 14.7 Å². The number of nitrogens with zero attached hydrogens (tertiary/aromatic N) is 3. The molecule has 0 saturated carbocycles. The largest absolute Gasteiger partial charge is 0.292 e. The number of hydrogen-bond donors (Lipinski definition) is 0. The number of rotatable bonds is 1. The Morgan fingerprint density at radius 1 is 1.31 bits per heavy atom. The number of fused-ring (bicyclic) bond motifs is 1. The van der Waals surface area contributed by atoms with Crippen molar-refractivity contribution in [1.29, 1.82) is 0 Å². The SMILES string of the molecule is CC(C)n1ncc2c1CN(C(C)(C)C)CC2. The van der Waals surface area contributed by atoms with Gasteiger partial charge >= 0.3 is 0 Å². The Morgan fingerprint density at radius 2 is 2.00 bits per heavy atom. The Balaban J connectivity index is 2.28. The van der Waals surface area contributed by atoms with Crippen molar-refractivity contribution in [2.75, 3.05) is 6.54 Å². The van der Waals surface area contributed by atoms with Crippen molar-refractivity contribution in [3.05, 3.63) is 17.5 Å². The van der Waals surface area contributed by atoms with Crippen LogP contribution in [0.15, 0.2) is 6.20 Å². The molecule has 0 radical (unpaired) electrons. The summed E-state index contributed by atoms with van der Waals surface area (Å²) in [5.74, 6) is 0. The van der Waals surface area contributed by atoms with Crippen LogP contribution in [0.1, 0.15) is 51.9 Å². The zero-order valence-electron chi connectivity index (χ0n) is 11.1. The van der Waals surface area contributed by atoms with E-state index in [0.717, 1.165) is 19.5 Å². The molecule has 0 bridgehead atoms. The predicted octanol–water partition coefficient (Wildman–Crippen LogP) is 2.62. The van der Waals surface area contributed by atoms with Gasteiger partial charge in [0, 0.05) is 24.7 Å². The third kappa shape index (κ3) is 2.01. The van der Waals surface area contributed by atoms with Crippen molar-refractivity contribution in [3.8, 4) is 0 Å². The first kappa shape index (κ1) is 11.6. The molecule has 0 saturated heterocycles. The quantitative estimate of drug-likeness (QED) is 0.727. The van der Waals surface area contributed by atoms with Crippen LogP contribution in [0.5, 0.6) is 0 Å². The molecule has 1 aromatic heterocycles. The molecule has 0 aliphatic carbocycles. The highest BCUT2D eigenvalue weighted by molar-refractivity contribution is 5.21. The summed E-state index contributed by atoms with van der Waals surface area (Å²) in [7, 11) is 0. The number of hydrogen-bond acceptors (Lipinski definition) is 2. The van der Waals surface area contributed by atoms with Gasteiger partial charge in [0.05, 0.1) is 11.9 Å². The lowest BCUT2D eigenvalue weighted by Crippen LogP contribution is -2.44. The summed E-state index contributed by atoms with van der Waals surface area (Å²) in [5.41, 5.74) is 3.11. The second kappa shape index (κ2) is 3.88. The smallest absolute Gasteiger partial charge is 0.0560 e. The van der Waals surface area contributed by atoms with Crippen molar-refractivity contribution in [2.45, 2.75) is 59.2 Å². The highest BCUT2D eigenvalue weighted by Gasteiger charge is 2.28. The molecule has 0 aromatic carbocycles. The minimum atomic E-state index is 0.254. The predicted molar refractivity (Wildman–Crippen MR) is 66.5 cm³/mol. The zero-order chi connectivity index (χ0) is 11.9. The van der Waals surface area contributed by atoms with E-state index >= 15 is 0 Å². The van der Waals surface area contributed by atoms with Crippen LogP contribution >= 0.6 is 0 Å². The molecule has 0 fully saturated rings. The fourth-order valence-corrected chi connectivity index (χ4v) is 2.34. The molecule has 0 spiro atoms. The van der Waals surface area contributed by atoms with Gasteiger partial charge in [-0.25, -0.2) is 0 Å². The van der Waals surface area contributed by atoms with Crippen LogP contribution in [0, 0.1) is 0 Å². The van der Waals surface area contributed by atoms with Gasteiger partial charge in [-0.3, -0.25) is 9.58 Å². The molecule has 1 aliphatic heterocycles. The molecular weight excluding hydrogens is 198 g/mol. The fourth-order valence-electron chi connectivity index (χ4n) is 2.34. The second-order valence-corrected chi connectivity index (χ2v) is 6.00. The molecule has 2 heterocycles. The Kier molecular flexibility index (Phi) is 2.82. The third-order valence-electron chi connectivity index (χ3n) is 3.41. The van der Waals surface area contributed by atoms with E-state index in [9.17, 15) is 0 Å². The first-order valence-corrected chi connectivity index (χ1v) is 6.20. The van der Waals surface area contributed by atoms with E-state index < -0.39 is 0 Å². The van der Waals surface area contributed by atoms with Gasteiger partial charge in [0.25, 0.3) is 0 Å². The lowest BCUT2D eigenvalue weighted by atomic mass is 9.99. The minimum absolute atomic E-state index is 0.254.